The third kappa shape index (κ3) is 5.99. The van der Waals surface area contributed by atoms with Gasteiger partial charge >= 0.3 is 5.69 Å². The van der Waals surface area contributed by atoms with Gasteiger partial charge in [-0.25, -0.2) is 4.79 Å². The molecule has 0 radical (unpaired) electrons. The number of aromatic nitrogens is 2. The van der Waals surface area contributed by atoms with E-state index in [9.17, 15) is 14.4 Å². The van der Waals surface area contributed by atoms with Gasteiger partial charge in [-0.05, 0) is 26.3 Å². The van der Waals surface area contributed by atoms with E-state index >= 15 is 0 Å². The van der Waals surface area contributed by atoms with Gasteiger partial charge in [0.1, 0.15) is 0 Å². The molecule has 0 aliphatic carbocycles. The minimum Gasteiger partial charge on any atom is -0.378 e. The summed E-state index contributed by atoms with van der Waals surface area (Å²) in [7, 11) is 2.11. The topological polar surface area (TPSA) is 107 Å². The molecule has 1 aliphatic heterocycles. The largest absolute Gasteiger partial charge is 0.378 e. The summed E-state index contributed by atoms with van der Waals surface area (Å²) in [6, 6.07) is 0. The second-order valence-electron chi connectivity index (χ2n) is 5.85. The van der Waals surface area contributed by atoms with Gasteiger partial charge in [0, 0.05) is 38.0 Å². The lowest BCUT2D eigenvalue weighted by molar-refractivity contribution is -0.120. The molecule has 1 aromatic heterocycles. The molecule has 1 fully saturated rings. The maximum absolute atomic E-state index is 11.7. The molecule has 128 valence electrons. The lowest BCUT2D eigenvalue weighted by Crippen LogP contribution is -2.35. The Balaban J connectivity index is 1.60. The van der Waals surface area contributed by atoms with E-state index in [0.717, 1.165) is 32.4 Å². The Labute approximate surface area is 134 Å². The molecule has 0 aromatic carbocycles. The normalized spacial score (nSPS) is 16.4. The lowest BCUT2D eigenvalue weighted by atomic mass is 10.1. The van der Waals surface area contributed by atoms with Crippen molar-refractivity contribution >= 4 is 5.91 Å². The molecule has 0 saturated carbocycles. The van der Waals surface area contributed by atoms with E-state index in [-0.39, 0.29) is 17.9 Å². The zero-order chi connectivity index (χ0) is 16.7. The van der Waals surface area contributed by atoms with Gasteiger partial charge in [0.05, 0.1) is 12.5 Å². The van der Waals surface area contributed by atoms with Crippen LogP contribution in [0.5, 0.6) is 0 Å². The molecular formula is C15H24N4O4. The third-order valence-electron chi connectivity index (χ3n) is 3.91. The van der Waals surface area contributed by atoms with E-state index < -0.39 is 11.2 Å². The fourth-order valence-electron chi connectivity index (χ4n) is 2.51. The molecule has 8 heteroatoms. The van der Waals surface area contributed by atoms with Crippen LogP contribution in [-0.2, 0) is 16.0 Å². The Morgan fingerprint density at radius 2 is 2.13 bits per heavy atom. The summed E-state index contributed by atoms with van der Waals surface area (Å²) >= 11 is 0. The van der Waals surface area contributed by atoms with E-state index in [1.165, 1.54) is 6.20 Å². The number of hydrogen-bond donors (Lipinski definition) is 3. The standard InChI is InChI=1S/C15H24N4O4/c1-19-6-3-12(4-7-19)23-8-2-5-16-13(20)9-11-10-17-15(22)18-14(11)21/h10,12H,2-9H2,1H3,(H,16,20)(H2,17,18,21,22). The number of rotatable bonds is 7. The van der Waals surface area contributed by atoms with Gasteiger partial charge in [0.15, 0.2) is 0 Å². The summed E-state index contributed by atoms with van der Waals surface area (Å²) in [5, 5.41) is 2.75. The Hall–Kier alpha value is -1.93. The molecule has 0 unspecified atom stereocenters. The van der Waals surface area contributed by atoms with Crippen molar-refractivity contribution in [1.82, 2.24) is 20.2 Å². The van der Waals surface area contributed by atoms with Gasteiger partial charge in [-0.2, -0.15) is 0 Å². The van der Waals surface area contributed by atoms with Crippen LogP contribution >= 0.6 is 0 Å². The molecule has 1 aliphatic rings. The first-order valence-electron chi connectivity index (χ1n) is 7.92. The molecule has 0 spiro atoms. The average Bonchev–Trinajstić information content (AvgIpc) is 2.51. The number of nitrogens with zero attached hydrogens (tertiary/aromatic N) is 1. The van der Waals surface area contributed by atoms with E-state index in [1.807, 2.05) is 0 Å². The summed E-state index contributed by atoms with van der Waals surface area (Å²) in [5.41, 5.74) is -0.871. The first-order chi connectivity index (χ1) is 11.0. The highest BCUT2D eigenvalue weighted by Gasteiger charge is 2.16. The second kappa shape index (κ2) is 8.64. The zero-order valence-corrected chi connectivity index (χ0v) is 13.4. The average molecular weight is 324 g/mol. The number of aromatic amines is 2. The highest BCUT2D eigenvalue weighted by Crippen LogP contribution is 2.11. The lowest BCUT2D eigenvalue weighted by Gasteiger charge is -2.28. The fraction of sp³-hybridized carbons (Fsp3) is 0.667. The van der Waals surface area contributed by atoms with Gasteiger partial charge < -0.3 is 19.9 Å². The first-order valence-corrected chi connectivity index (χ1v) is 7.92. The number of H-pyrrole nitrogens is 2. The quantitative estimate of drug-likeness (QED) is 0.571. The van der Waals surface area contributed by atoms with Crippen molar-refractivity contribution < 1.29 is 9.53 Å². The molecular weight excluding hydrogens is 300 g/mol. The van der Waals surface area contributed by atoms with Crippen molar-refractivity contribution in [3.05, 3.63) is 32.6 Å². The summed E-state index contributed by atoms with van der Waals surface area (Å²) in [6.07, 6.45) is 4.38. The number of carbonyl (C=O) groups is 1. The maximum atomic E-state index is 11.7. The summed E-state index contributed by atoms with van der Waals surface area (Å²) < 4.78 is 5.79. The molecule has 2 heterocycles. The van der Waals surface area contributed by atoms with Crippen molar-refractivity contribution in [2.75, 3.05) is 33.3 Å². The highest BCUT2D eigenvalue weighted by atomic mass is 16.5. The number of nitrogens with one attached hydrogen (secondary N) is 3. The minimum absolute atomic E-state index is 0.0536. The monoisotopic (exact) mass is 324 g/mol. The Morgan fingerprint density at radius 1 is 1.39 bits per heavy atom. The van der Waals surface area contributed by atoms with Crippen LogP contribution in [0.3, 0.4) is 0 Å². The first kappa shape index (κ1) is 17.4. The molecule has 1 aromatic rings. The molecule has 2 rings (SSSR count). The van der Waals surface area contributed by atoms with Gasteiger partial charge in [0.25, 0.3) is 5.56 Å². The smallest absolute Gasteiger partial charge is 0.325 e. The van der Waals surface area contributed by atoms with Gasteiger partial charge in [-0.1, -0.05) is 0 Å². The number of likely N-dealkylation sites (tertiary alicyclic amines) is 1. The van der Waals surface area contributed by atoms with Crippen molar-refractivity contribution in [1.29, 1.82) is 0 Å². The van der Waals surface area contributed by atoms with Crippen molar-refractivity contribution in [3.63, 3.8) is 0 Å². The molecule has 23 heavy (non-hydrogen) atoms. The third-order valence-corrected chi connectivity index (χ3v) is 3.91. The predicted molar refractivity (Wildman–Crippen MR) is 85.5 cm³/mol. The zero-order valence-electron chi connectivity index (χ0n) is 13.4. The van der Waals surface area contributed by atoms with Crippen LogP contribution in [0.25, 0.3) is 0 Å². The number of ether oxygens (including phenoxy) is 1. The predicted octanol–water partition coefficient (Wildman–Crippen LogP) is -0.777. The number of amides is 1. The molecule has 0 atom stereocenters. The van der Waals surface area contributed by atoms with Crippen molar-refractivity contribution in [3.8, 4) is 0 Å². The fourth-order valence-corrected chi connectivity index (χ4v) is 2.51. The SMILES string of the molecule is CN1CCC(OCCCNC(=O)Cc2c[nH]c(=O)[nH]c2=O)CC1. The number of piperidine rings is 1. The molecule has 3 N–H and O–H groups in total. The van der Waals surface area contributed by atoms with E-state index in [4.69, 9.17) is 4.74 Å². The van der Waals surface area contributed by atoms with Gasteiger partial charge in [-0.3, -0.25) is 14.6 Å². The van der Waals surface area contributed by atoms with Crippen LogP contribution in [0.4, 0.5) is 0 Å². The Morgan fingerprint density at radius 3 is 2.83 bits per heavy atom. The summed E-state index contributed by atoms with van der Waals surface area (Å²) in [5.74, 6) is -0.248. The second-order valence-corrected chi connectivity index (χ2v) is 5.85. The van der Waals surface area contributed by atoms with E-state index in [0.29, 0.717) is 19.3 Å². The van der Waals surface area contributed by atoms with Crippen LogP contribution < -0.4 is 16.6 Å². The minimum atomic E-state index is -0.579. The van der Waals surface area contributed by atoms with Crippen LogP contribution in [0.1, 0.15) is 24.8 Å². The molecule has 1 amide bonds. The van der Waals surface area contributed by atoms with Crippen LogP contribution in [0.2, 0.25) is 0 Å². The molecule has 0 bridgehead atoms. The molecule has 1 saturated heterocycles. The molecule has 8 nitrogen and oxygen atoms in total. The Bertz CT molecular complexity index is 616. The summed E-state index contributed by atoms with van der Waals surface area (Å²) in [4.78, 5) is 40.8. The number of carbonyl (C=O) groups excluding carboxylic acids is 1. The van der Waals surface area contributed by atoms with E-state index in [2.05, 4.69) is 27.2 Å². The van der Waals surface area contributed by atoms with Crippen LogP contribution in [-0.4, -0.2) is 60.2 Å². The van der Waals surface area contributed by atoms with Crippen LogP contribution in [0, 0.1) is 0 Å². The van der Waals surface area contributed by atoms with E-state index in [1.54, 1.807) is 0 Å². The van der Waals surface area contributed by atoms with Crippen LogP contribution in [0.15, 0.2) is 15.8 Å². The summed E-state index contributed by atoms with van der Waals surface area (Å²) in [6.45, 7) is 3.25. The van der Waals surface area contributed by atoms with Gasteiger partial charge in [0.2, 0.25) is 5.91 Å². The Kier molecular flexibility index (Phi) is 6.54. The highest BCUT2D eigenvalue weighted by molar-refractivity contribution is 5.78. The van der Waals surface area contributed by atoms with Crippen molar-refractivity contribution in [2.45, 2.75) is 31.8 Å². The van der Waals surface area contributed by atoms with Crippen molar-refractivity contribution in [2.24, 2.45) is 0 Å². The number of hydrogen-bond acceptors (Lipinski definition) is 5. The maximum Gasteiger partial charge on any atom is 0.325 e. The van der Waals surface area contributed by atoms with Gasteiger partial charge in [-0.15, -0.1) is 0 Å².